The van der Waals surface area contributed by atoms with E-state index in [0.29, 0.717) is 16.6 Å². The first-order chi connectivity index (χ1) is 6.65. The average molecular weight is 251 g/mol. The van der Waals surface area contributed by atoms with E-state index >= 15 is 0 Å². The Morgan fingerprint density at radius 2 is 2.14 bits per heavy atom. The third kappa shape index (κ3) is 2.97. The van der Waals surface area contributed by atoms with Crippen LogP contribution in [-0.4, -0.2) is 6.03 Å². The van der Waals surface area contributed by atoms with Gasteiger partial charge in [0, 0.05) is 6.54 Å². The largest absolute Gasteiger partial charge is 0.333 e. The number of hydrogen-bond donors (Lipinski definition) is 3. The molecule has 0 heterocycles. The van der Waals surface area contributed by atoms with E-state index in [9.17, 15) is 4.79 Å². The van der Waals surface area contributed by atoms with Crippen LogP contribution in [0, 0.1) is 0 Å². The summed E-state index contributed by atoms with van der Waals surface area (Å²) < 4.78 is 2.14. The molecule has 6 heteroatoms. The van der Waals surface area contributed by atoms with Crippen molar-refractivity contribution in [2.75, 3.05) is 0 Å². The van der Waals surface area contributed by atoms with Crippen LogP contribution in [0.4, 0.5) is 4.79 Å². The Bertz CT molecular complexity index is 346. The molecule has 0 saturated carbocycles. The monoisotopic (exact) mass is 250 g/mol. The van der Waals surface area contributed by atoms with Crippen molar-refractivity contribution in [1.29, 1.82) is 0 Å². The Morgan fingerprint density at radius 1 is 1.43 bits per heavy atom. The van der Waals surface area contributed by atoms with Gasteiger partial charge in [-0.25, -0.2) is 4.79 Å². The van der Waals surface area contributed by atoms with Crippen LogP contribution in [0.5, 0.6) is 0 Å². The Kier molecular flexibility index (Phi) is 4.38. The lowest BCUT2D eigenvalue weighted by Gasteiger charge is -2.06. The number of rotatable bonds is 2. The number of carbonyl (C=O) groups excluding carboxylic acids is 1. The van der Waals surface area contributed by atoms with Crippen molar-refractivity contribution in [2.24, 2.45) is 0 Å². The number of hydrogen-bond acceptors (Lipinski definition) is 2. The van der Waals surface area contributed by atoms with Crippen LogP contribution in [0.1, 0.15) is 5.56 Å². The Labute approximate surface area is 97.3 Å². The molecule has 0 unspecified atom stereocenters. The van der Waals surface area contributed by atoms with Crippen LogP contribution in [0.2, 0.25) is 10.0 Å². The van der Waals surface area contributed by atoms with Crippen molar-refractivity contribution >= 4 is 42.0 Å². The van der Waals surface area contributed by atoms with Gasteiger partial charge in [-0.1, -0.05) is 48.1 Å². The molecule has 3 nitrogen and oxygen atoms in total. The zero-order valence-electron chi connectivity index (χ0n) is 7.05. The third-order valence-electron chi connectivity index (χ3n) is 1.57. The summed E-state index contributed by atoms with van der Waals surface area (Å²) in [5.41, 5.74) is 0.760. The molecular formula is C8H8Cl2N2OS. The molecular weight excluding hydrogens is 243 g/mol. The fraction of sp³-hybridized carbons (Fsp3) is 0.125. The topological polar surface area (TPSA) is 41.1 Å². The van der Waals surface area contributed by atoms with Crippen LogP contribution < -0.4 is 10.0 Å². The number of amides is 2. The zero-order valence-corrected chi connectivity index (χ0v) is 9.46. The van der Waals surface area contributed by atoms with Gasteiger partial charge in [-0.2, -0.15) is 0 Å². The first kappa shape index (κ1) is 11.5. The SMILES string of the molecule is O=C(NS)NCc1cccc(Cl)c1Cl. The third-order valence-corrected chi connectivity index (χ3v) is 2.63. The number of thiol groups is 1. The molecule has 0 aliphatic carbocycles. The predicted molar refractivity (Wildman–Crippen MR) is 60.8 cm³/mol. The first-order valence-electron chi connectivity index (χ1n) is 3.76. The quantitative estimate of drug-likeness (QED) is 0.695. The number of halogens is 2. The van der Waals surface area contributed by atoms with E-state index in [2.05, 4.69) is 22.9 Å². The molecule has 0 aromatic heterocycles. The summed E-state index contributed by atoms with van der Waals surface area (Å²) in [5.74, 6) is 0. The molecule has 0 bridgehead atoms. The summed E-state index contributed by atoms with van der Waals surface area (Å²) in [7, 11) is 0. The molecule has 2 amide bonds. The molecule has 1 aromatic carbocycles. The Balaban J connectivity index is 2.68. The second-order valence-electron chi connectivity index (χ2n) is 2.51. The van der Waals surface area contributed by atoms with Gasteiger partial charge in [-0.15, -0.1) is 0 Å². The number of nitrogens with one attached hydrogen (secondary N) is 2. The van der Waals surface area contributed by atoms with Gasteiger partial charge in [0.25, 0.3) is 0 Å². The van der Waals surface area contributed by atoms with Crippen LogP contribution in [0.25, 0.3) is 0 Å². The molecule has 14 heavy (non-hydrogen) atoms. The molecule has 0 fully saturated rings. The lowest BCUT2D eigenvalue weighted by atomic mass is 10.2. The molecule has 0 atom stereocenters. The van der Waals surface area contributed by atoms with Gasteiger partial charge in [-0.05, 0) is 11.6 Å². The average Bonchev–Trinajstić information content (AvgIpc) is 2.20. The smallest absolute Gasteiger partial charge is 0.324 e. The van der Waals surface area contributed by atoms with Crippen molar-refractivity contribution in [3.05, 3.63) is 33.8 Å². The molecule has 0 spiro atoms. The molecule has 0 aliphatic rings. The normalized spacial score (nSPS) is 9.64. The minimum atomic E-state index is -0.385. The van der Waals surface area contributed by atoms with Crippen LogP contribution in [-0.2, 0) is 6.54 Å². The van der Waals surface area contributed by atoms with E-state index in [-0.39, 0.29) is 6.03 Å². The van der Waals surface area contributed by atoms with Crippen LogP contribution >= 0.6 is 36.0 Å². The minimum Gasteiger partial charge on any atom is -0.333 e. The van der Waals surface area contributed by atoms with Gasteiger partial charge in [0.15, 0.2) is 0 Å². The van der Waals surface area contributed by atoms with E-state index in [1.165, 1.54) is 0 Å². The minimum absolute atomic E-state index is 0.311. The number of benzene rings is 1. The van der Waals surface area contributed by atoms with Crippen molar-refractivity contribution in [2.45, 2.75) is 6.54 Å². The molecule has 2 N–H and O–H groups in total. The van der Waals surface area contributed by atoms with Gasteiger partial charge in [0.2, 0.25) is 0 Å². The lowest BCUT2D eigenvalue weighted by Crippen LogP contribution is -2.29. The van der Waals surface area contributed by atoms with Gasteiger partial charge < -0.3 is 5.32 Å². The van der Waals surface area contributed by atoms with Crippen molar-refractivity contribution in [3.63, 3.8) is 0 Å². The maximum absolute atomic E-state index is 10.8. The molecule has 1 aromatic rings. The molecule has 0 radical (unpaired) electrons. The van der Waals surface area contributed by atoms with Crippen LogP contribution in [0.3, 0.4) is 0 Å². The fourth-order valence-corrected chi connectivity index (χ4v) is 1.37. The molecule has 1 rings (SSSR count). The fourth-order valence-electron chi connectivity index (χ4n) is 0.900. The van der Waals surface area contributed by atoms with E-state index in [4.69, 9.17) is 23.2 Å². The van der Waals surface area contributed by atoms with E-state index in [1.807, 2.05) is 0 Å². The van der Waals surface area contributed by atoms with Gasteiger partial charge in [-0.3, -0.25) is 4.72 Å². The highest BCUT2D eigenvalue weighted by Crippen LogP contribution is 2.25. The molecule has 0 saturated heterocycles. The predicted octanol–water partition coefficient (Wildman–Crippen LogP) is 2.64. The van der Waals surface area contributed by atoms with E-state index < -0.39 is 0 Å². The Morgan fingerprint density at radius 3 is 2.79 bits per heavy atom. The standard InChI is InChI=1S/C8H8Cl2N2OS/c9-6-3-1-2-5(7(6)10)4-11-8(13)12-14/h1-3,14H,4H2,(H2,11,12,13). The highest BCUT2D eigenvalue weighted by atomic mass is 35.5. The van der Waals surface area contributed by atoms with Crippen LogP contribution in [0.15, 0.2) is 18.2 Å². The first-order valence-corrected chi connectivity index (χ1v) is 4.96. The second-order valence-corrected chi connectivity index (χ2v) is 3.52. The van der Waals surface area contributed by atoms with Crippen molar-refractivity contribution in [3.8, 4) is 0 Å². The van der Waals surface area contributed by atoms with Gasteiger partial charge in [0.1, 0.15) is 0 Å². The van der Waals surface area contributed by atoms with E-state index in [0.717, 1.165) is 5.56 Å². The summed E-state index contributed by atoms with van der Waals surface area (Å²) in [4.78, 5) is 10.8. The summed E-state index contributed by atoms with van der Waals surface area (Å²) >= 11 is 15.3. The van der Waals surface area contributed by atoms with E-state index in [1.54, 1.807) is 18.2 Å². The lowest BCUT2D eigenvalue weighted by molar-refractivity contribution is 0.246. The number of carbonyl (C=O) groups is 1. The van der Waals surface area contributed by atoms with Crippen molar-refractivity contribution < 1.29 is 4.79 Å². The maximum atomic E-state index is 10.8. The van der Waals surface area contributed by atoms with Crippen molar-refractivity contribution in [1.82, 2.24) is 10.0 Å². The second kappa shape index (κ2) is 5.34. The number of urea groups is 1. The highest BCUT2D eigenvalue weighted by molar-refractivity contribution is 7.78. The summed E-state index contributed by atoms with van der Waals surface area (Å²) in [6, 6.07) is 4.85. The highest BCUT2D eigenvalue weighted by Gasteiger charge is 2.04. The summed E-state index contributed by atoms with van der Waals surface area (Å²) in [6.45, 7) is 0.311. The molecule has 76 valence electrons. The summed E-state index contributed by atoms with van der Waals surface area (Å²) in [6.07, 6.45) is 0. The Hall–Kier alpha value is -0.580. The maximum Gasteiger partial charge on any atom is 0.324 e. The zero-order chi connectivity index (χ0) is 10.6. The van der Waals surface area contributed by atoms with Gasteiger partial charge >= 0.3 is 6.03 Å². The summed E-state index contributed by atoms with van der Waals surface area (Å²) in [5, 5.41) is 3.47. The van der Waals surface area contributed by atoms with Gasteiger partial charge in [0.05, 0.1) is 10.0 Å². The molecule has 0 aliphatic heterocycles.